The van der Waals surface area contributed by atoms with Crippen molar-refractivity contribution in [2.75, 3.05) is 0 Å². The Morgan fingerprint density at radius 1 is 1.29 bits per heavy atom. The van der Waals surface area contributed by atoms with Crippen molar-refractivity contribution in [3.63, 3.8) is 0 Å². The van der Waals surface area contributed by atoms with Crippen LogP contribution in [0.4, 0.5) is 0 Å². The summed E-state index contributed by atoms with van der Waals surface area (Å²) in [5.41, 5.74) is 0.759. The van der Waals surface area contributed by atoms with E-state index >= 15 is 0 Å². The minimum Gasteiger partial charge on any atom is -0.233 e. The summed E-state index contributed by atoms with van der Waals surface area (Å²) in [5, 5.41) is 0. The predicted octanol–water partition coefficient (Wildman–Crippen LogP) is -1.87. The standard InChI is InChI=1S/C3H4BN3/c4-3-6-1-5-2-7-3/h1-2H,4H2. The van der Waals surface area contributed by atoms with Crippen LogP contribution in [0.5, 0.6) is 0 Å². The molecule has 0 saturated heterocycles. The van der Waals surface area contributed by atoms with Crippen molar-refractivity contribution < 1.29 is 0 Å². The van der Waals surface area contributed by atoms with Gasteiger partial charge in [0.1, 0.15) is 12.7 Å². The van der Waals surface area contributed by atoms with Gasteiger partial charge in [0.2, 0.25) is 0 Å². The van der Waals surface area contributed by atoms with Gasteiger partial charge in [0.15, 0.2) is 7.85 Å². The van der Waals surface area contributed by atoms with Crippen LogP contribution in [0, 0.1) is 0 Å². The minimum atomic E-state index is 0.759. The zero-order valence-corrected chi connectivity index (χ0v) is 4.00. The summed E-state index contributed by atoms with van der Waals surface area (Å²) in [7, 11) is 1.82. The second kappa shape index (κ2) is 1.68. The van der Waals surface area contributed by atoms with E-state index in [2.05, 4.69) is 15.0 Å². The number of hydrogen-bond acceptors (Lipinski definition) is 3. The molecule has 0 aliphatic heterocycles. The van der Waals surface area contributed by atoms with E-state index in [9.17, 15) is 0 Å². The molecular formula is C3H4BN3. The van der Waals surface area contributed by atoms with Crippen LogP contribution >= 0.6 is 0 Å². The molecule has 0 unspecified atom stereocenters. The summed E-state index contributed by atoms with van der Waals surface area (Å²) < 4.78 is 0. The van der Waals surface area contributed by atoms with Gasteiger partial charge in [-0.15, -0.1) is 0 Å². The average molecular weight is 92.9 g/mol. The molecule has 4 heteroatoms. The second-order valence-corrected chi connectivity index (χ2v) is 1.19. The lowest BCUT2D eigenvalue weighted by Crippen LogP contribution is -2.11. The highest BCUT2D eigenvalue weighted by Crippen LogP contribution is 1.54. The zero-order valence-electron chi connectivity index (χ0n) is 4.00. The molecule has 1 heterocycles. The molecule has 0 spiro atoms. The number of hydrogen-bond donors (Lipinski definition) is 0. The van der Waals surface area contributed by atoms with Crippen LogP contribution in [0.25, 0.3) is 0 Å². The first-order valence-electron chi connectivity index (χ1n) is 1.98. The highest BCUT2D eigenvalue weighted by atomic mass is 14.9. The van der Waals surface area contributed by atoms with E-state index in [4.69, 9.17) is 0 Å². The van der Waals surface area contributed by atoms with Gasteiger partial charge in [-0.05, 0) is 0 Å². The van der Waals surface area contributed by atoms with Crippen LogP contribution in [0.1, 0.15) is 0 Å². The topological polar surface area (TPSA) is 38.7 Å². The third-order valence-corrected chi connectivity index (χ3v) is 0.622. The van der Waals surface area contributed by atoms with Crippen LogP contribution in [-0.4, -0.2) is 22.8 Å². The number of nitrogens with zero attached hydrogens (tertiary/aromatic N) is 3. The summed E-state index contributed by atoms with van der Waals surface area (Å²) in [6.45, 7) is 0. The Bertz CT molecular complexity index is 140. The van der Waals surface area contributed by atoms with Crippen molar-refractivity contribution in [2.45, 2.75) is 0 Å². The third-order valence-electron chi connectivity index (χ3n) is 0.622. The van der Waals surface area contributed by atoms with Gasteiger partial charge in [0, 0.05) is 0 Å². The van der Waals surface area contributed by atoms with Gasteiger partial charge in [0.05, 0.1) is 5.72 Å². The second-order valence-electron chi connectivity index (χ2n) is 1.19. The summed E-state index contributed by atoms with van der Waals surface area (Å²) in [6.07, 6.45) is 2.95. The first kappa shape index (κ1) is 4.24. The van der Waals surface area contributed by atoms with Gasteiger partial charge in [0.25, 0.3) is 0 Å². The van der Waals surface area contributed by atoms with Gasteiger partial charge in [-0.3, -0.25) is 0 Å². The molecule has 0 atom stereocenters. The summed E-state index contributed by atoms with van der Waals surface area (Å²) in [6, 6.07) is 0. The molecule has 0 bridgehead atoms. The highest BCUT2D eigenvalue weighted by molar-refractivity contribution is 6.28. The molecule has 1 aromatic rings. The Morgan fingerprint density at radius 3 is 2.14 bits per heavy atom. The Kier molecular flexibility index (Phi) is 1.02. The van der Waals surface area contributed by atoms with Crippen molar-refractivity contribution in [3.8, 4) is 0 Å². The van der Waals surface area contributed by atoms with Gasteiger partial charge in [-0.1, -0.05) is 0 Å². The summed E-state index contributed by atoms with van der Waals surface area (Å²) >= 11 is 0. The van der Waals surface area contributed by atoms with E-state index < -0.39 is 0 Å². The maximum absolute atomic E-state index is 3.76. The van der Waals surface area contributed by atoms with Crippen molar-refractivity contribution >= 4 is 13.6 Å². The third kappa shape index (κ3) is 0.959. The van der Waals surface area contributed by atoms with Crippen molar-refractivity contribution in [3.05, 3.63) is 12.7 Å². The molecule has 3 nitrogen and oxygen atoms in total. The maximum atomic E-state index is 3.76. The molecule has 34 valence electrons. The van der Waals surface area contributed by atoms with E-state index in [1.54, 1.807) is 0 Å². The van der Waals surface area contributed by atoms with Gasteiger partial charge in [-0.2, -0.15) is 0 Å². The molecule has 0 N–H and O–H groups in total. The Hall–Kier alpha value is -0.925. The van der Waals surface area contributed by atoms with Crippen molar-refractivity contribution in [1.29, 1.82) is 0 Å². The van der Waals surface area contributed by atoms with Gasteiger partial charge >= 0.3 is 0 Å². The zero-order chi connectivity index (χ0) is 5.11. The van der Waals surface area contributed by atoms with Crippen LogP contribution in [0.3, 0.4) is 0 Å². The lowest BCUT2D eigenvalue weighted by atomic mass is 10.1. The molecule has 1 rings (SSSR count). The van der Waals surface area contributed by atoms with Crippen LogP contribution in [0.15, 0.2) is 12.7 Å². The monoisotopic (exact) mass is 93.0 g/mol. The van der Waals surface area contributed by atoms with E-state index in [1.165, 1.54) is 12.7 Å². The summed E-state index contributed by atoms with van der Waals surface area (Å²) in [5.74, 6) is 0. The molecule has 1 aromatic heterocycles. The normalized spacial score (nSPS) is 8.57. The Balaban J connectivity index is 3.02. The molecule has 0 aliphatic carbocycles. The average Bonchev–Trinajstić information content (AvgIpc) is 1.69. The van der Waals surface area contributed by atoms with E-state index in [-0.39, 0.29) is 0 Å². The SMILES string of the molecule is Bc1ncncn1. The molecule has 0 fully saturated rings. The fraction of sp³-hybridized carbons (Fsp3) is 0. The Morgan fingerprint density at radius 2 is 1.86 bits per heavy atom. The number of aromatic nitrogens is 3. The fourth-order valence-electron chi connectivity index (χ4n) is 0.297. The molecule has 0 aromatic carbocycles. The number of rotatable bonds is 0. The summed E-state index contributed by atoms with van der Waals surface area (Å²) in [4.78, 5) is 11.1. The smallest absolute Gasteiger partial charge is 0.189 e. The highest BCUT2D eigenvalue weighted by Gasteiger charge is 1.76. The largest absolute Gasteiger partial charge is 0.233 e. The quantitative estimate of drug-likeness (QED) is 0.352. The van der Waals surface area contributed by atoms with Crippen LogP contribution in [-0.2, 0) is 0 Å². The predicted molar refractivity (Wildman–Crippen MR) is 28.0 cm³/mol. The first-order valence-corrected chi connectivity index (χ1v) is 1.98. The first-order chi connectivity index (χ1) is 3.39. The van der Waals surface area contributed by atoms with Gasteiger partial charge in [-0.25, -0.2) is 15.0 Å². The van der Waals surface area contributed by atoms with Crippen LogP contribution < -0.4 is 5.72 Å². The lowest BCUT2D eigenvalue weighted by Gasteiger charge is -1.81. The molecular weight excluding hydrogens is 88.9 g/mol. The van der Waals surface area contributed by atoms with E-state index in [0.29, 0.717) is 0 Å². The molecule has 0 amide bonds. The Labute approximate surface area is 42.2 Å². The molecule has 0 saturated carbocycles. The van der Waals surface area contributed by atoms with E-state index in [0.717, 1.165) is 5.72 Å². The van der Waals surface area contributed by atoms with Crippen molar-refractivity contribution in [1.82, 2.24) is 15.0 Å². The van der Waals surface area contributed by atoms with Gasteiger partial charge < -0.3 is 0 Å². The molecule has 7 heavy (non-hydrogen) atoms. The van der Waals surface area contributed by atoms with E-state index in [1.807, 2.05) is 7.85 Å². The lowest BCUT2D eigenvalue weighted by molar-refractivity contribution is 1.09. The minimum absolute atomic E-state index is 0.759. The van der Waals surface area contributed by atoms with Crippen molar-refractivity contribution in [2.24, 2.45) is 0 Å². The molecule has 0 radical (unpaired) electrons. The molecule has 0 aliphatic rings. The van der Waals surface area contributed by atoms with Crippen LogP contribution in [0.2, 0.25) is 0 Å². The maximum Gasteiger partial charge on any atom is 0.189 e. The fourth-order valence-corrected chi connectivity index (χ4v) is 0.297.